The number of nitrogens with one attached hydrogen (secondary N) is 1. The minimum atomic E-state index is -0.179. The van der Waals surface area contributed by atoms with Crippen LogP contribution in [0, 0.1) is 0 Å². The predicted octanol–water partition coefficient (Wildman–Crippen LogP) is 4.63. The van der Waals surface area contributed by atoms with Crippen LogP contribution in [0.2, 0.25) is 0 Å². The SMILES string of the molecule is COc1ccc(NC(=O)c2cc3ccccc3n2C)cc1-c1ccc2nc(N)ncc2c1. The first-order valence-corrected chi connectivity index (χ1v) is 10.1. The Labute approximate surface area is 184 Å². The molecule has 158 valence electrons. The largest absolute Gasteiger partial charge is 0.496 e. The number of para-hydroxylation sites is 1. The monoisotopic (exact) mass is 423 g/mol. The standard InChI is InChI=1S/C25H21N5O2/c1-30-21-6-4-3-5-16(21)12-22(30)24(31)28-18-8-10-23(32-2)19(13-18)15-7-9-20-17(11-15)14-27-25(26)29-20/h3-14H,1-2H3,(H,28,31)(H2,26,27,29). The highest BCUT2D eigenvalue weighted by Crippen LogP contribution is 2.34. The van der Waals surface area contributed by atoms with Gasteiger partial charge in [0.25, 0.3) is 5.91 Å². The molecule has 0 atom stereocenters. The van der Waals surface area contributed by atoms with Crippen molar-refractivity contribution in [2.24, 2.45) is 7.05 Å². The summed E-state index contributed by atoms with van der Waals surface area (Å²) in [6.07, 6.45) is 1.69. The van der Waals surface area contributed by atoms with Gasteiger partial charge in [0.05, 0.1) is 12.6 Å². The maximum Gasteiger partial charge on any atom is 0.272 e. The fourth-order valence-electron chi connectivity index (χ4n) is 3.93. The van der Waals surface area contributed by atoms with Crippen LogP contribution >= 0.6 is 0 Å². The highest BCUT2D eigenvalue weighted by Gasteiger charge is 2.15. The van der Waals surface area contributed by atoms with Gasteiger partial charge in [-0.2, -0.15) is 0 Å². The van der Waals surface area contributed by atoms with Crippen LogP contribution in [0.1, 0.15) is 10.5 Å². The van der Waals surface area contributed by atoms with E-state index in [2.05, 4.69) is 15.3 Å². The summed E-state index contributed by atoms with van der Waals surface area (Å²) >= 11 is 0. The lowest BCUT2D eigenvalue weighted by atomic mass is 10.0. The molecule has 0 spiro atoms. The molecule has 7 nitrogen and oxygen atoms in total. The molecular weight excluding hydrogens is 402 g/mol. The van der Waals surface area contributed by atoms with Gasteiger partial charge in [0.15, 0.2) is 0 Å². The van der Waals surface area contributed by atoms with E-state index >= 15 is 0 Å². The highest BCUT2D eigenvalue weighted by molar-refractivity contribution is 6.06. The van der Waals surface area contributed by atoms with Crippen LogP contribution in [-0.4, -0.2) is 27.6 Å². The number of hydrogen-bond acceptors (Lipinski definition) is 5. The Morgan fingerprint density at radius 1 is 1.03 bits per heavy atom. The van der Waals surface area contributed by atoms with Crippen LogP contribution in [0.5, 0.6) is 5.75 Å². The molecular formula is C25H21N5O2. The molecule has 0 unspecified atom stereocenters. The molecule has 0 aliphatic carbocycles. The molecule has 0 saturated carbocycles. The number of benzene rings is 3. The summed E-state index contributed by atoms with van der Waals surface area (Å²) < 4.78 is 7.46. The second kappa shape index (κ2) is 7.70. The van der Waals surface area contributed by atoms with E-state index in [0.717, 1.165) is 32.9 Å². The molecule has 3 aromatic carbocycles. The number of anilines is 2. The van der Waals surface area contributed by atoms with Gasteiger partial charge < -0.3 is 20.4 Å². The van der Waals surface area contributed by atoms with E-state index in [1.165, 1.54) is 0 Å². The summed E-state index contributed by atoms with van der Waals surface area (Å²) in [6, 6.07) is 21.2. The lowest BCUT2D eigenvalue weighted by molar-refractivity contribution is 0.101. The van der Waals surface area contributed by atoms with Gasteiger partial charge in [-0.05, 0) is 48.0 Å². The fourth-order valence-corrected chi connectivity index (χ4v) is 3.93. The number of ether oxygens (including phenoxy) is 1. The predicted molar refractivity (Wildman–Crippen MR) is 127 cm³/mol. The molecule has 0 saturated heterocycles. The zero-order valence-electron chi connectivity index (χ0n) is 17.7. The van der Waals surface area contributed by atoms with Gasteiger partial charge in [-0.3, -0.25) is 4.79 Å². The first-order valence-electron chi connectivity index (χ1n) is 10.1. The van der Waals surface area contributed by atoms with E-state index < -0.39 is 0 Å². The first-order chi connectivity index (χ1) is 15.5. The average molecular weight is 423 g/mol. The Morgan fingerprint density at radius 3 is 2.69 bits per heavy atom. The minimum absolute atomic E-state index is 0.179. The molecule has 5 aromatic rings. The summed E-state index contributed by atoms with van der Waals surface area (Å²) in [4.78, 5) is 21.3. The number of carbonyl (C=O) groups excluding carboxylic acids is 1. The van der Waals surface area contributed by atoms with E-state index in [0.29, 0.717) is 17.1 Å². The zero-order chi connectivity index (χ0) is 22.2. The molecule has 0 radical (unpaired) electrons. The van der Waals surface area contributed by atoms with Crippen LogP contribution in [0.4, 0.5) is 11.6 Å². The summed E-state index contributed by atoms with van der Waals surface area (Å²) in [7, 11) is 3.51. The van der Waals surface area contributed by atoms with E-state index in [4.69, 9.17) is 10.5 Å². The average Bonchev–Trinajstić information content (AvgIpc) is 3.15. The van der Waals surface area contributed by atoms with Gasteiger partial charge in [-0.25, -0.2) is 9.97 Å². The third kappa shape index (κ3) is 3.39. The van der Waals surface area contributed by atoms with Crippen molar-refractivity contribution in [1.82, 2.24) is 14.5 Å². The molecule has 5 rings (SSSR count). The summed E-state index contributed by atoms with van der Waals surface area (Å²) in [5.41, 5.74) is 10.5. The highest BCUT2D eigenvalue weighted by atomic mass is 16.5. The number of hydrogen-bond donors (Lipinski definition) is 2. The van der Waals surface area contributed by atoms with Crippen LogP contribution in [0.25, 0.3) is 32.9 Å². The van der Waals surface area contributed by atoms with Crippen LogP contribution < -0.4 is 15.8 Å². The molecule has 0 aliphatic rings. The van der Waals surface area contributed by atoms with Gasteiger partial charge in [0.2, 0.25) is 5.95 Å². The molecule has 3 N–H and O–H groups in total. The van der Waals surface area contributed by atoms with Crippen molar-refractivity contribution in [3.05, 3.63) is 78.6 Å². The number of aryl methyl sites for hydroxylation is 1. The van der Waals surface area contributed by atoms with Crippen molar-refractivity contribution in [3.63, 3.8) is 0 Å². The Bertz CT molecular complexity index is 1490. The number of rotatable bonds is 4. The fraction of sp³-hybridized carbons (Fsp3) is 0.0800. The quantitative estimate of drug-likeness (QED) is 0.439. The normalized spacial score (nSPS) is 11.1. The van der Waals surface area contributed by atoms with E-state index in [1.807, 2.05) is 78.3 Å². The summed E-state index contributed by atoms with van der Waals surface area (Å²) in [6.45, 7) is 0. The van der Waals surface area contributed by atoms with Gasteiger partial charge >= 0.3 is 0 Å². The number of nitrogens with two attached hydrogens (primary N) is 1. The lowest BCUT2D eigenvalue weighted by Gasteiger charge is -2.13. The van der Waals surface area contributed by atoms with Crippen molar-refractivity contribution in [2.45, 2.75) is 0 Å². The third-order valence-corrected chi connectivity index (χ3v) is 5.55. The Balaban J connectivity index is 1.51. The van der Waals surface area contributed by atoms with E-state index in [-0.39, 0.29) is 11.9 Å². The number of carbonyl (C=O) groups is 1. The number of methoxy groups -OCH3 is 1. The summed E-state index contributed by atoms with van der Waals surface area (Å²) in [5.74, 6) is 0.756. The van der Waals surface area contributed by atoms with Crippen molar-refractivity contribution in [3.8, 4) is 16.9 Å². The van der Waals surface area contributed by atoms with Gasteiger partial charge in [0.1, 0.15) is 11.4 Å². The molecule has 7 heteroatoms. The molecule has 0 aliphatic heterocycles. The molecule has 32 heavy (non-hydrogen) atoms. The number of amides is 1. The van der Waals surface area contributed by atoms with E-state index in [1.54, 1.807) is 13.3 Å². The molecule has 0 fully saturated rings. The van der Waals surface area contributed by atoms with Gasteiger partial charge in [-0.1, -0.05) is 24.3 Å². The van der Waals surface area contributed by atoms with Gasteiger partial charge in [0, 0.05) is 40.8 Å². The number of nitrogens with zero attached hydrogens (tertiary/aromatic N) is 3. The first kappa shape index (κ1) is 19.6. The van der Waals surface area contributed by atoms with Crippen molar-refractivity contribution in [2.75, 3.05) is 18.2 Å². The number of aromatic nitrogens is 3. The Morgan fingerprint density at radius 2 is 1.88 bits per heavy atom. The molecule has 1 amide bonds. The van der Waals surface area contributed by atoms with Crippen molar-refractivity contribution >= 4 is 39.3 Å². The van der Waals surface area contributed by atoms with Crippen LogP contribution in [-0.2, 0) is 7.05 Å². The second-order valence-corrected chi connectivity index (χ2v) is 7.52. The van der Waals surface area contributed by atoms with Crippen molar-refractivity contribution < 1.29 is 9.53 Å². The Hall–Kier alpha value is -4.39. The van der Waals surface area contributed by atoms with Crippen molar-refractivity contribution in [1.29, 1.82) is 0 Å². The molecule has 2 aromatic heterocycles. The maximum atomic E-state index is 13.0. The lowest BCUT2D eigenvalue weighted by Crippen LogP contribution is -2.15. The molecule has 0 bridgehead atoms. The maximum absolute atomic E-state index is 13.0. The third-order valence-electron chi connectivity index (χ3n) is 5.55. The number of fused-ring (bicyclic) bond motifs is 2. The number of nitrogen functional groups attached to an aromatic ring is 1. The second-order valence-electron chi connectivity index (χ2n) is 7.52. The van der Waals surface area contributed by atoms with Crippen LogP contribution in [0.3, 0.4) is 0 Å². The van der Waals surface area contributed by atoms with Gasteiger partial charge in [-0.15, -0.1) is 0 Å². The molecule has 2 heterocycles. The zero-order valence-corrected chi connectivity index (χ0v) is 17.7. The topological polar surface area (TPSA) is 95.1 Å². The Kier molecular flexibility index (Phi) is 4.71. The smallest absolute Gasteiger partial charge is 0.272 e. The summed E-state index contributed by atoms with van der Waals surface area (Å²) in [5, 5.41) is 4.90. The van der Waals surface area contributed by atoms with E-state index in [9.17, 15) is 4.79 Å². The minimum Gasteiger partial charge on any atom is -0.496 e. The van der Waals surface area contributed by atoms with Crippen LogP contribution in [0.15, 0.2) is 72.9 Å².